The highest BCUT2D eigenvalue weighted by Gasteiger charge is 2.27. The number of aromatic carboxylic acids is 1. The Labute approximate surface area is 106 Å². The normalized spacial score (nSPS) is 25.2. The number of piperidine rings is 1. The van der Waals surface area contributed by atoms with Crippen LogP contribution >= 0.6 is 0 Å². The summed E-state index contributed by atoms with van der Waals surface area (Å²) in [6.45, 7) is 4.59. The maximum Gasteiger partial charge on any atom is 0.372 e. The van der Waals surface area contributed by atoms with Crippen LogP contribution in [0.3, 0.4) is 0 Å². The van der Waals surface area contributed by atoms with Gasteiger partial charge in [0.05, 0.1) is 12.4 Å². The average molecular weight is 253 g/mol. The molecule has 2 unspecified atom stereocenters. The summed E-state index contributed by atoms with van der Waals surface area (Å²) in [4.78, 5) is 13.2. The highest BCUT2D eigenvalue weighted by atomic mass is 16.5. The molecule has 5 nitrogen and oxygen atoms in total. The first-order chi connectivity index (χ1) is 8.61. The molecule has 5 heteroatoms. The van der Waals surface area contributed by atoms with Gasteiger partial charge in [-0.05, 0) is 24.9 Å². The van der Waals surface area contributed by atoms with Crippen molar-refractivity contribution in [2.75, 3.05) is 20.2 Å². The number of carboxylic acid groups (broad SMARTS) is 1. The van der Waals surface area contributed by atoms with Gasteiger partial charge >= 0.3 is 5.97 Å². The molecule has 1 fully saturated rings. The van der Waals surface area contributed by atoms with E-state index in [4.69, 9.17) is 14.3 Å². The van der Waals surface area contributed by atoms with Crippen LogP contribution in [0.1, 0.15) is 29.5 Å². The second kappa shape index (κ2) is 5.54. The molecule has 2 rings (SSSR count). The van der Waals surface area contributed by atoms with Gasteiger partial charge in [0, 0.05) is 25.8 Å². The Kier molecular flexibility index (Phi) is 4.04. The van der Waals surface area contributed by atoms with Crippen molar-refractivity contribution >= 4 is 5.97 Å². The van der Waals surface area contributed by atoms with E-state index in [0.717, 1.165) is 25.1 Å². The van der Waals surface area contributed by atoms with Crippen LogP contribution in [-0.2, 0) is 11.3 Å². The molecule has 1 aliphatic heterocycles. The van der Waals surface area contributed by atoms with Crippen molar-refractivity contribution in [3.63, 3.8) is 0 Å². The van der Waals surface area contributed by atoms with E-state index < -0.39 is 5.97 Å². The van der Waals surface area contributed by atoms with E-state index in [1.807, 2.05) is 0 Å². The summed E-state index contributed by atoms with van der Waals surface area (Å²) in [5.41, 5.74) is 0.729. The zero-order valence-corrected chi connectivity index (χ0v) is 10.8. The lowest BCUT2D eigenvalue weighted by atomic mass is 9.95. The second-order valence-electron chi connectivity index (χ2n) is 4.86. The quantitative estimate of drug-likeness (QED) is 0.887. The standard InChI is InChI=1S/C13H19NO4/c1-9-3-5-14(8-11(9)17-2)7-10-4-6-18-12(10)13(15)16/h4,6,9,11H,3,5,7-8H2,1-2H3,(H,15,16). The topological polar surface area (TPSA) is 62.9 Å². The predicted octanol–water partition coefficient (Wildman–Crippen LogP) is 1.83. The van der Waals surface area contributed by atoms with Crippen LogP contribution in [-0.4, -0.2) is 42.3 Å². The maximum atomic E-state index is 11.0. The Morgan fingerprint density at radius 3 is 3.11 bits per heavy atom. The van der Waals surface area contributed by atoms with Crippen LogP contribution in [0.25, 0.3) is 0 Å². The number of ether oxygens (including phenoxy) is 1. The largest absolute Gasteiger partial charge is 0.475 e. The molecule has 0 spiro atoms. The third kappa shape index (κ3) is 2.73. The number of nitrogens with zero attached hydrogens (tertiary/aromatic N) is 1. The lowest BCUT2D eigenvalue weighted by Gasteiger charge is -2.36. The SMILES string of the molecule is COC1CN(Cc2ccoc2C(=O)O)CCC1C. The van der Waals surface area contributed by atoms with Crippen molar-refractivity contribution in [1.29, 1.82) is 0 Å². The summed E-state index contributed by atoms with van der Waals surface area (Å²) >= 11 is 0. The lowest BCUT2D eigenvalue weighted by Crippen LogP contribution is -2.43. The molecule has 1 aliphatic rings. The average Bonchev–Trinajstić information content (AvgIpc) is 2.80. The molecule has 1 saturated heterocycles. The fraction of sp³-hybridized carbons (Fsp3) is 0.615. The highest BCUT2D eigenvalue weighted by molar-refractivity contribution is 5.86. The van der Waals surface area contributed by atoms with Crippen LogP contribution in [0.2, 0.25) is 0 Å². The molecule has 2 atom stereocenters. The van der Waals surface area contributed by atoms with Crippen molar-refractivity contribution in [1.82, 2.24) is 4.90 Å². The first-order valence-corrected chi connectivity index (χ1v) is 6.16. The molecule has 2 heterocycles. The van der Waals surface area contributed by atoms with Crippen molar-refractivity contribution < 1.29 is 19.1 Å². The lowest BCUT2D eigenvalue weighted by molar-refractivity contribution is -0.00760. The zero-order chi connectivity index (χ0) is 13.1. The Morgan fingerprint density at radius 2 is 2.44 bits per heavy atom. The van der Waals surface area contributed by atoms with E-state index in [2.05, 4.69) is 11.8 Å². The molecule has 0 radical (unpaired) electrons. The van der Waals surface area contributed by atoms with Gasteiger partial charge in [0.15, 0.2) is 0 Å². The Bertz CT molecular complexity index is 415. The molecular weight excluding hydrogens is 234 g/mol. The summed E-state index contributed by atoms with van der Waals surface area (Å²) in [5, 5.41) is 8.99. The third-order valence-corrected chi connectivity index (χ3v) is 3.61. The van der Waals surface area contributed by atoms with Gasteiger partial charge in [0.2, 0.25) is 5.76 Å². The Balaban J connectivity index is 2.01. The second-order valence-corrected chi connectivity index (χ2v) is 4.86. The highest BCUT2D eigenvalue weighted by Crippen LogP contribution is 2.22. The molecular formula is C13H19NO4. The van der Waals surface area contributed by atoms with Crippen LogP contribution in [0, 0.1) is 5.92 Å². The molecule has 100 valence electrons. The fourth-order valence-electron chi connectivity index (χ4n) is 2.44. The van der Waals surface area contributed by atoms with E-state index >= 15 is 0 Å². The number of carbonyl (C=O) groups is 1. The summed E-state index contributed by atoms with van der Waals surface area (Å²) in [7, 11) is 1.73. The molecule has 1 aromatic heterocycles. The number of furan rings is 1. The maximum absolute atomic E-state index is 11.0. The molecule has 1 aromatic rings. The first-order valence-electron chi connectivity index (χ1n) is 6.16. The van der Waals surface area contributed by atoms with Gasteiger partial charge in [-0.2, -0.15) is 0 Å². The number of rotatable bonds is 4. The number of methoxy groups -OCH3 is 1. The Hall–Kier alpha value is -1.33. The number of likely N-dealkylation sites (tertiary alicyclic amines) is 1. The smallest absolute Gasteiger partial charge is 0.372 e. The van der Waals surface area contributed by atoms with Gasteiger partial charge in [0.25, 0.3) is 0 Å². The molecule has 0 aliphatic carbocycles. The van der Waals surface area contributed by atoms with E-state index in [1.54, 1.807) is 13.2 Å². The van der Waals surface area contributed by atoms with E-state index in [1.165, 1.54) is 6.26 Å². The van der Waals surface area contributed by atoms with Crippen LogP contribution in [0.15, 0.2) is 16.7 Å². The summed E-state index contributed by atoms with van der Waals surface area (Å²) < 4.78 is 10.4. The number of hydrogen-bond donors (Lipinski definition) is 1. The third-order valence-electron chi connectivity index (χ3n) is 3.61. The van der Waals surface area contributed by atoms with Crippen molar-refractivity contribution in [2.45, 2.75) is 26.0 Å². The molecule has 0 bridgehead atoms. The van der Waals surface area contributed by atoms with Gasteiger partial charge < -0.3 is 14.3 Å². The van der Waals surface area contributed by atoms with Crippen molar-refractivity contribution in [2.24, 2.45) is 5.92 Å². The zero-order valence-electron chi connectivity index (χ0n) is 10.8. The number of carboxylic acids is 1. The predicted molar refractivity (Wildman–Crippen MR) is 65.5 cm³/mol. The fourth-order valence-corrected chi connectivity index (χ4v) is 2.44. The number of hydrogen-bond acceptors (Lipinski definition) is 4. The van der Waals surface area contributed by atoms with E-state index in [-0.39, 0.29) is 11.9 Å². The van der Waals surface area contributed by atoms with Gasteiger partial charge in [-0.3, -0.25) is 4.90 Å². The molecule has 18 heavy (non-hydrogen) atoms. The summed E-state index contributed by atoms with van der Waals surface area (Å²) in [5.74, 6) is -0.416. The first kappa shape index (κ1) is 13.1. The van der Waals surface area contributed by atoms with Gasteiger partial charge in [-0.1, -0.05) is 6.92 Å². The molecule has 1 N–H and O–H groups in total. The van der Waals surface area contributed by atoms with Gasteiger partial charge in [0.1, 0.15) is 0 Å². The summed E-state index contributed by atoms with van der Waals surface area (Å²) in [6.07, 6.45) is 2.72. The Morgan fingerprint density at radius 1 is 1.67 bits per heavy atom. The van der Waals surface area contributed by atoms with Crippen LogP contribution in [0.4, 0.5) is 0 Å². The summed E-state index contributed by atoms with van der Waals surface area (Å²) in [6, 6.07) is 1.73. The monoisotopic (exact) mass is 253 g/mol. The minimum atomic E-state index is -1.01. The van der Waals surface area contributed by atoms with Crippen molar-refractivity contribution in [3.8, 4) is 0 Å². The molecule has 0 amide bonds. The molecule has 0 saturated carbocycles. The molecule has 0 aromatic carbocycles. The van der Waals surface area contributed by atoms with E-state index in [0.29, 0.717) is 12.5 Å². The van der Waals surface area contributed by atoms with E-state index in [9.17, 15) is 4.79 Å². The van der Waals surface area contributed by atoms with Crippen LogP contribution in [0.5, 0.6) is 0 Å². The van der Waals surface area contributed by atoms with Crippen molar-refractivity contribution in [3.05, 3.63) is 23.7 Å². The van der Waals surface area contributed by atoms with Gasteiger partial charge in [-0.25, -0.2) is 4.79 Å². The van der Waals surface area contributed by atoms with Crippen LogP contribution < -0.4 is 0 Å². The minimum Gasteiger partial charge on any atom is -0.475 e. The minimum absolute atomic E-state index is 0.0441. The van der Waals surface area contributed by atoms with Gasteiger partial charge in [-0.15, -0.1) is 0 Å².